The first kappa shape index (κ1) is 8.94. The van der Waals surface area contributed by atoms with Crippen molar-refractivity contribution < 1.29 is 4.74 Å². The highest BCUT2D eigenvalue weighted by atomic mass is 16.5. The van der Waals surface area contributed by atoms with E-state index in [2.05, 4.69) is 4.98 Å². The van der Waals surface area contributed by atoms with Gasteiger partial charge in [-0.15, -0.1) is 0 Å². The van der Waals surface area contributed by atoms with Gasteiger partial charge in [-0.2, -0.15) is 0 Å². The van der Waals surface area contributed by atoms with Crippen molar-refractivity contribution in [1.82, 2.24) is 4.98 Å². The van der Waals surface area contributed by atoms with Crippen LogP contribution in [0.5, 0.6) is 0 Å². The third-order valence-electron chi connectivity index (χ3n) is 1.39. The number of rotatable bonds is 4. The van der Waals surface area contributed by atoms with E-state index in [1.54, 1.807) is 6.20 Å². The Morgan fingerprint density at radius 2 is 2.42 bits per heavy atom. The Labute approximate surface area is 72.9 Å². The molecule has 0 bridgehead atoms. The van der Waals surface area contributed by atoms with Crippen LogP contribution in [-0.4, -0.2) is 18.2 Å². The van der Waals surface area contributed by atoms with Crippen LogP contribution in [0, 0.1) is 0 Å². The molecular formula is C10H13NO. The smallest absolute Gasteiger partial charge is 0.0651 e. The molecule has 0 atom stereocenters. The zero-order valence-corrected chi connectivity index (χ0v) is 7.23. The van der Waals surface area contributed by atoms with Gasteiger partial charge >= 0.3 is 0 Å². The average molecular weight is 163 g/mol. The van der Waals surface area contributed by atoms with Crippen LogP contribution in [0.3, 0.4) is 0 Å². The van der Waals surface area contributed by atoms with Crippen molar-refractivity contribution in [2.75, 3.05) is 13.2 Å². The molecule has 1 aromatic heterocycles. The highest BCUT2D eigenvalue weighted by Gasteiger charge is 1.82. The molecule has 1 aromatic rings. The zero-order chi connectivity index (χ0) is 8.65. The number of hydrogen-bond donors (Lipinski definition) is 0. The highest BCUT2D eigenvalue weighted by Crippen LogP contribution is 1.95. The molecule has 0 saturated carbocycles. The third-order valence-corrected chi connectivity index (χ3v) is 1.39. The quantitative estimate of drug-likeness (QED) is 0.634. The molecule has 2 heteroatoms. The number of ether oxygens (including phenoxy) is 1. The van der Waals surface area contributed by atoms with Gasteiger partial charge in [0.1, 0.15) is 0 Å². The van der Waals surface area contributed by atoms with Crippen molar-refractivity contribution in [3.8, 4) is 0 Å². The zero-order valence-electron chi connectivity index (χ0n) is 7.23. The monoisotopic (exact) mass is 163 g/mol. The summed E-state index contributed by atoms with van der Waals surface area (Å²) in [6.45, 7) is 3.40. The minimum atomic E-state index is 0.660. The van der Waals surface area contributed by atoms with Crippen molar-refractivity contribution in [2.45, 2.75) is 6.92 Å². The summed E-state index contributed by atoms with van der Waals surface area (Å²) in [6.07, 6.45) is 5.70. The van der Waals surface area contributed by atoms with Gasteiger partial charge in [0, 0.05) is 12.8 Å². The summed E-state index contributed by atoms with van der Waals surface area (Å²) in [5.41, 5.74) is 0.970. The highest BCUT2D eigenvalue weighted by molar-refractivity contribution is 5.43. The summed E-state index contributed by atoms with van der Waals surface area (Å²) in [5.74, 6) is 0. The number of nitrogens with zero attached hydrogens (tertiary/aromatic N) is 1. The summed E-state index contributed by atoms with van der Waals surface area (Å²) in [5, 5.41) is 0. The molecule has 1 rings (SSSR count). The molecule has 2 nitrogen and oxygen atoms in total. The minimum absolute atomic E-state index is 0.660. The van der Waals surface area contributed by atoms with E-state index in [1.807, 2.05) is 37.3 Å². The molecule has 64 valence electrons. The molecule has 0 spiro atoms. The molecule has 0 amide bonds. The van der Waals surface area contributed by atoms with Gasteiger partial charge in [0.15, 0.2) is 0 Å². The number of aromatic nitrogens is 1. The molecular weight excluding hydrogens is 150 g/mol. The maximum absolute atomic E-state index is 5.14. The first-order valence-corrected chi connectivity index (χ1v) is 4.09. The van der Waals surface area contributed by atoms with Crippen LogP contribution in [0.4, 0.5) is 0 Å². The summed E-state index contributed by atoms with van der Waals surface area (Å²) in [4.78, 5) is 4.13. The van der Waals surface area contributed by atoms with Crippen LogP contribution in [-0.2, 0) is 4.74 Å². The molecule has 0 radical (unpaired) electrons. The van der Waals surface area contributed by atoms with E-state index in [1.165, 1.54) is 0 Å². The van der Waals surface area contributed by atoms with Crippen LogP contribution >= 0.6 is 0 Å². The van der Waals surface area contributed by atoms with E-state index < -0.39 is 0 Å². The van der Waals surface area contributed by atoms with Gasteiger partial charge in [0.05, 0.1) is 12.3 Å². The van der Waals surface area contributed by atoms with E-state index in [0.717, 1.165) is 12.3 Å². The molecule has 0 aromatic carbocycles. The second-order valence-electron chi connectivity index (χ2n) is 2.32. The largest absolute Gasteiger partial charge is 0.378 e. The first-order valence-electron chi connectivity index (χ1n) is 4.09. The summed E-state index contributed by atoms with van der Waals surface area (Å²) in [7, 11) is 0. The van der Waals surface area contributed by atoms with E-state index in [0.29, 0.717) is 6.61 Å². The van der Waals surface area contributed by atoms with Crippen molar-refractivity contribution >= 4 is 6.08 Å². The first-order chi connectivity index (χ1) is 5.93. The van der Waals surface area contributed by atoms with Crippen LogP contribution < -0.4 is 0 Å². The van der Waals surface area contributed by atoms with Gasteiger partial charge in [-0.05, 0) is 25.1 Å². The molecule has 1 heterocycles. The summed E-state index contributed by atoms with van der Waals surface area (Å²) < 4.78 is 5.14. The van der Waals surface area contributed by atoms with E-state index in [4.69, 9.17) is 4.74 Å². The molecule has 0 saturated heterocycles. The van der Waals surface area contributed by atoms with Gasteiger partial charge in [0.25, 0.3) is 0 Å². The van der Waals surface area contributed by atoms with E-state index in [9.17, 15) is 0 Å². The van der Waals surface area contributed by atoms with Crippen LogP contribution in [0.2, 0.25) is 0 Å². The van der Waals surface area contributed by atoms with Crippen LogP contribution in [0.1, 0.15) is 12.6 Å². The predicted molar refractivity (Wildman–Crippen MR) is 49.8 cm³/mol. The molecule has 0 aliphatic carbocycles. The molecule has 12 heavy (non-hydrogen) atoms. The second kappa shape index (κ2) is 5.49. The van der Waals surface area contributed by atoms with E-state index in [-0.39, 0.29) is 0 Å². The maximum Gasteiger partial charge on any atom is 0.0651 e. The average Bonchev–Trinajstić information content (AvgIpc) is 2.14. The fourth-order valence-electron chi connectivity index (χ4n) is 0.829. The molecule has 0 fully saturated rings. The fourth-order valence-corrected chi connectivity index (χ4v) is 0.829. The van der Waals surface area contributed by atoms with Crippen LogP contribution in [0.25, 0.3) is 6.08 Å². The van der Waals surface area contributed by atoms with Crippen molar-refractivity contribution in [2.24, 2.45) is 0 Å². The maximum atomic E-state index is 5.14. The Morgan fingerprint density at radius 3 is 3.08 bits per heavy atom. The Hall–Kier alpha value is -1.15. The Bertz CT molecular complexity index is 231. The standard InChI is InChI=1S/C10H13NO/c1-2-12-9-5-7-10-6-3-4-8-11-10/h3-8H,2,9H2,1H3/b7-5+. The van der Waals surface area contributed by atoms with Crippen LogP contribution in [0.15, 0.2) is 30.5 Å². The SMILES string of the molecule is CCOC/C=C/c1ccccn1. The lowest BCUT2D eigenvalue weighted by molar-refractivity contribution is 0.178. The van der Waals surface area contributed by atoms with Gasteiger partial charge in [-0.1, -0.05) is 12.1 Å². The Morgan fingerprint density at radius 1 is 1.50 bits per heavy atom. The predicted octanol–water partition coefficient (Wildman–Crippen LogP) is 2.13. The lowest BCUT2D eigenvalue weighted by Crippen LogP contribution is -1.88. The number of hydrogen-bond acceptors (Lipinski definition) is 2. The van der Waals surface area contributed by atoms with Gasteiger partial charge < -0.3 is 4.74 Å². The Kier molecular flexibility index (Phi) is 4.09. The summed E-state index contributed by atoms with van der Waals surface area (Å²) in [6, 6.07) is 5.83. The van der Waals surface area contributed by atoms with Crippen molar-refractivity contribution in [1.29, 1.82) is 0 Å². The topological polar surface area (TPSA) is 22.1 Å². The fraction of sp³-hybridized carbons (Fsp3) is 0.300. The van der Waals surface area contributed by atoms with Gasteiger partial charge in [-0.25, -0.2) is 0 Å². The van der Waals surface area contributed by atoms with Crippen molar-refractivity contribution in [3.63, 3.8) is 0 Å². The molecule has 0 N–H and O–H groups in total. The van der Waals surface area contributed by atoms with Gasteiger partial charge in [-0.3, -0.25) is 4.98 Å². The lowest BCUT2D eigenvalue weighted by atomic mass is 10.3. The molecule has 0 aliphatic rings. The minimum Gasteiger partial charge on any atom is -0.378 e. The summed E-state index contributed by atoms with van der Waals surface area (Å²) >= 11 is 0. The molecule has 0 aliphatic heterocycles. The van der Waals surface area contributed by atoms with E-state index >= 15 is 0 Å². The van der Waals surface area contributed by atoms with Gasteiger partial charge in [0.2, 0.25) is 0 Å². The number of pyridine rings is 1. The lowest BCUT2D eigenvalue weighted by Gasteiger charge is -1.93. The molecule has 0 unspecified atom stereocenters. The third kappa shape index (κ3) is 3.30. The normalized spacial score (nSPS) is 10.8. The Balaban J connectivity index is 2.36. The second-order valence-corrected chi connectivity index (χ2v) is 2.32. The van der Waals surface area contributed by atoms with Crippen molar-refractivity contribution in [3.05, 3.63) is 36.2 Å².